The Labute approximate surface area is 172 Å². The highest BCUT2D eigenvalue weighted by Crippen LogP contribution is 2.41. The zero-order valence-corrected chi connectivity index (χ0v) is 16.9. The van der Waals surface area contributed by atoms with Crippen molar-refractivity contribution >= 4 is 11.8 Å². The highest BCUT2D eigenvalue weighted by Gasteiger charge is 2.45. The van der Waals surface area contributed by atoms with Crippen LogP contribution in [0.25, 0.3) is 0 Å². The molecule has 2 aromatic rings. The third-order valence-electron chi connectivity index (χ3n) is 6.32. The Hall–Kier alpha value is -2.82. The molecule has 1 aliphatic heterocycles. The van der Waals surface area contributed by atoms with E-state index in [2.05, 4.69) is 5.32 Å². The summed E-state index contributed by atoms with van der Waals surface area (Å²) in [7, 11) is 1.64. The van der Waals surface area contributed by atoms with Gasteiger partial charge in [-0.05, 0) is 42.2 Å². The monoisotopic (exact) mass is 392 g/mol. The number of ether oxygens (including phenoxy) is 1. The van der Waals surface area contributed by atoms with Gasteiger partial charge in [-0.2, -0.15) is 0 Å². The number of amides is 2. The lowest BCUT2D eigenvalue weighted by Gasteiger charge is -2.44. The summed E-state index contributed by atoms with van der Waals surface area (Å²) in [6.45, 7) is 1.09. The molecule has 2 amide bonds. The third kappa shape index (κ3) is 4.00. The smallest absolute Gasteiger partial charge is 0.254 e. The van der Waals surface area contributed by atoms with Crippen molar-refractivity contribution in [2.45, 2.75) is 57.2 Å². The first-order chi connectivity index (χ1) is 14.1. The fourth-order valence-electron chi connectivity index (χ4n) is 4.69. The molecule has 4 rings (SSSR count). The Morgan fingerprint density at radius 1 is 1.07 bits per heavy atom. The second kappa shape index (κ2) is 8.27. The van der Waals surface area contributed by atoms with Gasteiger partial charge in [0.05, 0.1) is 12.6 Å². The molecule has 0 saturated heterocycles. The van der Waals surface area contributed by atoms with E-state index in [0.717, 1.165) is 48.1 Å². The molecule has 1 heterocycles. The third-order valence-corrected chi connectivity index (χ3v) is 6.32. The van der Waals surface area contributed by atoms with Crippen LogP contribution in [0.4, 0.5) is 0 Å². The molecule has 1 saturated carbocycles. The zero-order valence-electron chi connectivity index (χ0n) is 16.9. The highest BCUT2D eigenvalue weighted by molar-refractivity contribution is 5.99. The normalized spacial score (nSPS) is 17.7. The molecule has 5 nitrogen and oxygen atoms in total. The van der Waals surface area contributed by atoms with Crippen molar-refractivity contribution in [3.8, 4) is 5.75 Å². The van der Waals surface area contributed by atoms with Crippen molar-refractivity contribution in [3.63, 3.8) is 0 Å². The summed E-state index contributed by atoms with van der Waals surface area (Å²) < 4.78 is 5.18. The summed E-state index contributed by atoms with van der Waals surface area (Å²) in [5, 5.41) is 3.05. The molecule has 0 bridgehead atoms. The van der Waals surface area contributed by atoms with Gasteiger partial charge in [0, 0.05) is 25.1 Å². The number of benzene rings is 2. The van der Waals surface area contributed by atoms with E-state index in [4.69, 9.17) is 4.74 Å². The predicted octanol–water partition coefficient (Wildman–Crippen LogP) is 4.06. The van der Waals surface area contributed by atoms with Gasteiger partial charge in [0.15, 0.2) is 0 Å². The number of fused-ring (bicyclic) bond motifs is 1. The maximum Gasteiger partial charge on any atom is 0.254 e. The number of carbonyl (C=O) groups is 2. The second-order valence-electron chi connectivity index (χ2n) is 8.14. The minimum atomic E-state index is -0.377. The number of nitrogens with zero attached hydrogens (tertiary/aromatic N) is 1. The van der Waals surface area contributed by atoms with Gasteiger partial charge in [0.1, 0.15) is 5.75 Å². The maximum absolute atomic E-state index is 13.1. The van der Waals surface area contributed by atoms with Crippen LogP contribution in [-0.4, -0.2) is 29.4 Å². The quantitative estimate of drug-likeness (QED) is 0.806. The van der Waals surface area contributed by atoms with E-state index in [-0.39, 0.29) is 17.4 Å². The topological polar surface area (TPSA) is 58.6 Å². The maximum atomic E-state index is 13.1. The average molecular weight is 392 g/mol. The summed E-state index contributed by atoms with van der Waals surface area (Å²) in [4.78, 5) is 28.0. The molecule has 29 heavy (non-hydrogen) atoms. The Bertz CT molecular complexity index is 885. The van der Waals surface area contributed by atoms with Crippen molar-refractivity contribution in [2.75, 3.05) is 7.11 Å². The van der Waals surface area contributed by atoms with Crippen LogP contribution in [0.15, 0.2) is 48.5 Å². The predicted molar refractivity (Wildman–Crippen MR) is 112 cm³/mol. The van der Waals surface area contributed by atoms with Crippen LogP contribution in [0, 0.1) is 0 Å². The SMILES string of the molecule is COc1ccc(CNC(=O)CC2(N3Cc4ccccc4C3=O)CCCCC2)cc1. The first-order valence-electron chi connectivity index (χ1n) is 10.4. The number of hydrogen-bond acceptors (Lipinski definition) is 3. The van der Waals surface area contributed by atoms with E-state index in [1.54, 1.807) is 7.11 Å². The van der Waals surface area contributed by atoms with Gasteiger partial charge in [-0.3, -0.25) is 9.59 Å². The van der Waals surface area contributed by atoms with Crippen LogP contribution >= 0.6 is 0 Å². The van der Waals surface area contributed by atoms with Gasteiger partial charge in [-0.1, -0.05) is 49.6 Å². The zero-order chi connectivity index (χ0) is 20.3. The molecule has 5 heteroatoms. The minimum absolute atomic E-state index is 0.00599. The van der Waals surface area contributed by atoms with E-state index in [1.807, 2.05) is 53.4 Å². The molecule has 1 aliphatic carbocycles. The number of rotatable bonds is 6. The molecule has 1 N–H and O–H groups in total. The van der Waals surface area contributed by atoms with E-state index >= 15 is 0 Å². The second-order valence-corrected chi connectivity index (χ2v) is 8.14. The van der Waals surface area contributed by atoms with Crippen molar-refractivity contribution in [3.05, 3.63) is 65.2 Å². The van der Waals surface area contributed by atoms with Crippen molar-refractivity contribution in [2.24, 2.45) is 0 Å². The molecular weight excluding hydrogens is 364 g/mol. The van der Waals surface area contributed by atoms with Crippen LogP contribution in [0.3, 0.4) is 0 Å². The highest BCUT2D eigenvalue weighted by atomic mass is 16.5. The van der Waals surface area contributed by atoms with Gasteiger partial charge < -0.3 is 15.0 Å². The summed E-state index contributed by atoms with van der Waals surface area (Å²) in [5.74, 6) is 0.880. The largest absolute Gasteiger partial charge is 0.497 e. The van der Waals surface area contributed by atoms with Crippen LogP contribution in [0.1, 0.15) is 60.0 Å². The van der Waals surface area contributed by atoms with Crippen LogP contribution in [0.5, 0.6) is 5.75 Å². The summed E-state index contributed by atoms with van der Waals surface area (Å²) in [5.41, 5.74) is 2.51. The number of hydrogen-bond donors (Lipinski definition) is 1. The fraction of sp³-hybridized carbons (Fsp3) is 0.417. The van der Waals surface area contributed by atoms with E-state index < -0.39 is 0 Å². The molecule has 0 aromatic heterocycles. The Balaban J connectivity index is 1.45. The van der Waals surface area contributed by atoms with Crippen molar-refractivity contribution in [1.29, 1.82) is 0 Å². The van der Waals surface area contributed by atoms with Gasteiger partial charge in [-0.15, -0.1) is 0 Å². The molecule has 2 aliphatic rings. The van der Waals surface area contributed by atoms with Gasteiger partial charge in [0.25, 0.3) is 5.91 Å². The summed E-state index contributed by atoms with van der Waals surface area (Å²) in [6, 6.07) is 15.5. The van der Waals surface area contributed by atoms with E-state index in [0.29, 0.717) is 19.5 Å². The van der Waals surface area contributed by atoms with Crippen molar-refractivity contribution in [1.82, 2.24) is 10.2 Å². The lowest BCUT2D eigenvalue weighted by molar-refractivity contribution is -0.124. The lowest BCUT2D eigenvalue weighted by atomic mass is 9.77. The van der Waals surface area contributed by atoms with Crippen LogP contribution in [-0.2, 0) is 17.9 Å². The number of methoxy groups -OCH3 is 1. The molecule has 0 spiro atoms. The molecular formula is C24H28N2O3. The molecule has 0 radical (unpaired) electrons. The molecule has 2 aromatic carbocycles. The van der Waals surface area contributed by atoms with E-state index in [1.165, 1.54) is 6.42 Å². The Morgan fingerprint density at radius 3 is 2.48 bits per heavy atom. The Morgan fingerprint density at radius 2 is 1.79 bits per heavy atom. The first kappa shape index (κ1) is 19.5. The van der Waals surface area contributed by atoms with Crippen LogP contribution < -0.4 is 10.1 Å². The van der Waals surface area contributed by atoms with Gasteiger partial charge in [0.2, 0.25) is 5.91 Å². The fourth-order valence-corrected chi connectivity index (χ4v) is 4.69. The van der Waals surface area contributed by atoms with Gasteiger partial charge >= 0.3 is 0 Å². The number of carbonyl (C=O) groups excluding carboxylic acids is 2. The van der Waals surface area contributed by atoms with Crippen molar-refractivity contribution < 1.29 is 14.3 Å². The molecule has 0 atom stereocenters. The van der Waals surface area contributed by atoms with E-state index in [9.17, 15) is 9.59 Å². The minimum Gasteiger partial charge on any atom is -0.497 e. The lowest BCUT2D eigenvalue weighted by Crippen LogP contribution is -2.52. The average Bonchev–Trinajstić information content (AvgIpc) is 3.11. The standard InChI is InChI=1S/C24H28N2O3/c1-29-20-11-9-18(10-12-20)16-25-22(27)15-24(13-5-2-6-14-24)26-17-19-7-3-4-8-21(19)23(26)28/h3-4,7-12H,2,5-6,13-17H2,1H3,(H,25,27). The van der Waals surface area contributed by atoms with Crippen LogP contribution in [0.2, 0.25) is 0 Å². The molecule has 0 unspecified atom stereocenters. The Kier molecular flexibility index (Phi) is 5.56. The first-order valence-corrected chi connectivity index (χ1v) is 10.4. The molecule has 152 valence electrons. The summed E-state index contributed by atoms with van der Waals surface area (Å²) in [6.07, 6.45) is 5.44. The molecule has 1 fully saturated rings. The summed E-state index contributed by atoms with van der Waals surface area (Å²) >= 11 is 0. The number of nitrogens with one attached hydrogen (secondary N) is 1. The van der Waals surface area contributed by atoms with Gasteiger partial charge in [-0.25, -0.2) is 0 Å².